The first-order valence-corrected chi connectivity index (χ1v) is 8.35. The predicted octanol–water partition coefficient (Wildman–Crippen LogP) is 2.58. The van der Waals surface area contributed by atoms with E-state index in [9.17, 15) is 4.79 Å². The van der Waals surface area contributed by atoms with E-state index in [1.807, 2.05) is 30.5 Å². The second-order valence-electron chi connectivity index (χ2n) is 5.94. The maximum absolute atomic E-state index is 12.2. The van der Waals surface area contributed by atoms with Crippen LogP contribution >= 0.6 is 0 Å². The van der Waals surface area contributed by atoms with E-state index in [2.05, 4.69) is 25.6 Å². The topological polar surface area (TPSA) is 97.2 Å². The third-order valence-corrected chi connectivity index (χ3v) is 4.16. The summed E-state index contributed by atoms with van der Waals surface area (Å²) < 4.78 is 6.77. The highest BCUT2D eigenvalue weighted by Gasteiger charge is 2.10. The van der Waals surface area contributed by atoms with Gasteiger partial charge in [-0.3, -0.25) is 4.79 Å². The van der Waals surface area contributed by atoms with Crippen LogP contribution < -0.4 is 10.1 Å². The van der Waals surface area contributed by atoms with Crippen molar-refractivity contribution in [3.05, 3.63) is 48.4 Å². The van der Waals surface area contributed by atoms with Crippen LogP contribution in [0.1, 0.15) is 18.7 Å². The number of amides is 1. The van der Waals surface area contributed by atoms with E-state index < -0.39 is 0 Å². The normalized spacial score (nSPS) is 11.1. The van der Waals surface area contributed by atoms with Crippen LogP contribution in [-0.4, -0.2) is 37.8 Å². The molecule has 0 saturated heterocycles. The molecule has 26 heavy (non-hydrogen) atoms. The van der Waals surface area contributed by atoms with Crippen LogP contribution in [0, 0.1) is 0 Å². The largest absolute Gasteiger partial charge is 0.480 e. The summed E-state index contributed by atoms with van der Waals surface area (Å²) in [5.41, 5.74) is 2.44. The molecule has 1 aromatic carbocycles. The summed E-state index contributed by atoms with van der Waals surface area (Å²) in [6.45, 7) is 0. The molecular formula is C18H18N6O2. The van der Waals surface area contributed by atoms with E-state index in [-0.39, 0.29) is 5.91 Å². The van der Waals surface area contributed by atoms with Crippen LogP contribution in [0.25, 0.3) is 16.6 Å². The number of fused-ring (bicyclic) bond motifs is 2. The molecule has 0 bridgehead atoms. The van der Waals surface area contributed by atoms with E-state index in [0.717, 1.165) is 16.6 Å². The van der Waals surface area contributed by atoms with Crippen molar-refractivity contribution in [1.29, 1.82) is 0 Å². The van der Waals surface area contributed by atoms with Crippen molar-refractivity contribution in [3.63, 3.8) is 0 Å². The Labute approximate surface area is 149 Å². The average Bonchev–Trinajstić information content (AvgIpc) is 3.27. The Morgan fingerprint density at radius 2 is 2.15 bits per heavy atom. The highest BCUT2D eigenvalue weighted by atomic mass is 16.5. The molecule has 0 saturated carbocycles. The van der Waals surface area contributed by atoms with Crippen LogP contribution in [0.2, 0.25) is 0 Å². The number of carbonyl (C=O) groups excluding carboxylic acids is 1. The number of aromatic nitrogens is 5. The zero-order valence-corrected chi connectivity index (χ0v) is 14.3. The van der Waals surface area contributed by atoms with Gasteiger partial charge in [0.2, 0.25) is 11.8 Å². The van der Waals surface area contributed by atoms with Gasteiger partial charge < -0.3 is 15.0 Å². The molecule has 1 amide bonds. The molecule has 0 aliphatic heterocycles. The molecule has 0 atom stereocenters. The van der Waals surface area contributed by atoms with E-state index in [1.54, 1.807) is 23.8 Å². The lowest BCUT2D eigenvalue weighted by molar-refractivity contribution is -0.116. The summed E-state index contributed by atoms with van der Waals surface area (Å²) >= 11 is 0. The summed E-state index contributed by atoms with van der Waals surface area (Å²) in [7, 11) is 1.56. The maximum Gasteiger partial charge on any atom is 0.231 e. The number of aromatic amines is 1. The first-order valence-electron chi connectivity index (χ1n) is 8.35. The van der Waals surface area contributed by atoms with E-state index in [4.69, 9.17) is 4.74 Å². The van der Waals surface area contributed by atoms with Crippen molar-refractivity contribution in [3.8, 4) is 5.88 Å². The van der Waals surface area contributed by atoms with Gasteiger partial charge in [0.05, 0.1) is 7.11 Å². The fourth-order valence-corrected chi connectivity index (χ4v) is 2.84. The SMILES string of the molecule is COc1ccc2nnc(CCCC(=O)Nc3ccc4cc[nH]c4c3)n2n1. The number of nitrogens with zero attached hydrogens (tertiary/aromatic N) is 4. The number of methoxy groups -OCH3 is 1. The van der Waals surface area contributed by atoms with Crippen LogP contribution in [0.3, 0.4) is 0 Å². The van der Waals surface area contributed by atoms with Crippen molar-refractivity contribution in [1.82, 2.24) is 24.8 Å². The number of H-pyrrole nitrogens is 1. The van der Waals surface area contributed by atoms with Gasteiger partial charge in [-0.1, -0.05) is 6.07 Å². The molecule has 3 aromatic heterocycles. The first-order chi connectivity index (χ1) is 12.7. The van der Waals surface area contributed by atoms with Gasteiger partial charge >= 0.3 is 0 Å². The molecular weight excluding hydrogens is 332 g/mol. The number of carbonyl (C=O) groups is 1. The Morgan fingerprint density at radius 3 is 3.04 bits per heavy atom. The first kappa shape index (κ1) is 16.1. The van der Waals surface area contributed by atoms with Gasteiger partial charge in [0.1, 0.15) is 0 Å². The van der Waals surface area contributed by atoms with E-state index >= 15 is 0 Å². The molecule has 132 valence electrons. The molecule has 0 fully saturated rings. The minimum Gasteiger partial charge on any atom is -0.480 e. The smallest absolute Gasteiger partial charge is 0.231 e. The molecule has 0 aliphatic carbocycles. The zero-order chi connectivity index (χ0) is 17.9. The zero-order valence-electron chi connectivity index (χ0n) is 14.3. The molecule has 4 aromatic rings. The molecule has 0 radical (unpaired) electrons. The number of benzene rings is 1. The predicted molar refractivity (Wildman–Crippen MR) is 97.2 cm³/mol. The van der Waals surface area contributed by atoms with Crippen molar-refractivity contribution in [2.45, 2.75) is 19.3 Å². The number of nitrogens with one attached hydrogen (secondary N) is 2. The lowest BCUT2D eigenvalue weighted by Crippen LogP contribution is -2.12. The Bertz CT molecular complexity index is 1070. The Kier molecular flexibility index (Phi) is 4.22. The monoisotopic (exact) mass is 350 g/mol. The lowest BCUT2D eigenvalue weighted by atomic mass is 10.2. The summed E-state index contributed by atoms with van der Waals surface area (Å²) in [5.74, 6) is 1.17. The van der Waals surface area contributed by atoms with Crippen molar-refractivity contribution >= 4 is 28.1 Å². The standard InChI is InChI=1S/C18H18N6O2/c1-26-18-8-7-16-22-21-15(24(16)23-18)3-2-4-17(25)20-13-6-5-12-9-10-19-14(12)11-13/h5-11,19H,2-4H2,1H3,(H,20,25). The summed E-state index contributed by atoms with van der Waals surface area (Å²) in [4.78, 5) is 15.3. The molecule has 4 rings (SSSR count). The molecule has 8 heteroatoms. The Morgan fingerprint density at radius 1 is 1.23 bits per heavy atom. The van der Waals surface area contributed by atoms with Gasteiger partial charge in [0, 0.05) is 36.3 Å². The second kappa shape index (κ2) is 6.83. The lowest BCUT2D eigenvalue weighted by Gasteiger charge is -2.05. The van der Waals surface area contributed by atoms with Crippen molar-refractivity contribution in [2.75, 3.05) is 12.4 Å². The third kappa shape index (κ3) is 3.21. The number of hydrogen-bond acceptors (Lipinski definition) is 5. The highest BCUT2D eigenvalue weighted by molar-refractivity contribution is 5.93. The van der Waals surface area contributed by atoms with Gasteiger partial charge in [0.25, 0.3) is 0 Å². The van der Waals surface area contributed by atoms with E-state index in [0.29, 0.717) is 36.6 Å². The summed E-state index contributed by atoms with van der Waals surface area (Å²) in [5, 5.41) is 16.6. The Hall–Kier alpha value is -3.42. The summed E-state index contributed by atoms with van der Waals surface area (Å²) in [6.07, 6.45) is 3.52. The number of anilines is 1. The van der Waals surface area contributed by atoms with Gasteiger partial charge in [-0.05, 0) is 36.1 Å². The average molecular weight is 350 g/mol. The molecule has 0 aliphatic rings. The van der Waals surface area contributed by atoms with Gasteiger partial charge in [-0.2, -0.15) is 4.52 Å². The van der Waals surface area contributed by atoms with Crippen molar-refractivity contribution in [2.24, 2.45) is 0 Å². The molecule has 2 N–H and O–H groups in total. The number of hydrogen-bond donors (Lipinski definition) is 2. The minimum absolute atomic E-state index is 0.0322. The molecule has 0 spiro atoms. The van der Waals surface area contributed by atoms with Crippen LogP contribution in [0.15, 0.2) is 42.6 Å². The van der Waals surface area contributed by atoms with Crippen LogP contribution in [0.5, 0.6) is 5.88 Å². The highest BCUT2D eigenvalue weighted by Crippen LogP contribution is 2.18. The van der Waals surface area contributed by atoms with E-state index in [1.165, 1.54) is 0 Å². The quantitative estimate of drug-likeness (QED) is 0.557. The number of aryl methyl sites for hydroxylation is 1. The second-order valence-corrected chi connectivity index (χ2v) is 5.94. The fraction of sp³-hybridized carbons (Fsp3) is 0.222. The van der Waals surface area contributed by atoms with Crippen LogP contribution in [-0.2, 0) is 11.2 Å². The summed E-state index contributed by atoms with van der Waals surface area (Å²) in [6, 6.07) is 11.3. The minimum atomic E-state index is -0.0322. The van der Waals surface area contributed by atoms with Gasteiger partial charge in [-0.25, -0.2) is 0 Å². The van der Waals surface area contributed by atoms with Gasteiger partial charge in [0.15, 0.2) is 11.5 Å². The number of ether oxygens (including phenoxy) is 1. The van der Waals surface area contributed by atoms with Crippen LogP contribution in [0.4, 0.5) is 5.69 Å². The molecule has 0 unspecified atom stereocenters. The fourth-order valence-electron chi connectivity index (χ4n) is 2.84. The van der Waals surface area contributed by atoms with Crippen molar-refractivity contribution < 1.29 is 9.53 Å². The molecule has 3 heterocycles. The maximum atomic E-state index is 12.2. The Balaban J connectivity index is 1.36. The number of rotatable bonds is 6. The molecule has 8 nitrogen and oxygen atoms in total. The third-order valence-electron chi connectivity index (χ3n) is 4.16. The van der Waals surface area contributed by atoms with Gasteiger partial charge in [-0.15, -0.1) is 15.3 Å².